The largest absolute Gasteiger partial charge is 0.464 e. The highest BCUT2D eigenvalue weighted by molar-refractivity contribution is 6.43. The minimum atomic E-state index is -0.505. The summed E-state index contributed by atoms with van der Waals surface area (Å²) >= 11 is 0. The Morgan fingerprint density at radius 3 is 2.53 bits per heavy atom. The van der Waals surface area contributed by atoms with E-state index in [2.05, 4.69) is 9.89 Å². The van der Waals surface area contributed by atoms with E-state index in [4.69, 9.17) is 4.84 Å². The van der Waals surface area contributed by atoms with Gasteiger partial charge in [0, 0.05) is 5.56 Å². The first-order chi connectivity index (χ1) is 7.29. The van der Waals surface area contributed by atoms with Gasteiger partial charge in [-0.3, -0.25) is 0 Å². The number of carbonyl (C=O) groups is 1. The third kappa shape index (κ3) is 3.09. The monoisotopic (exact) mass is 207 g/mol. The highest BCUT2D eigenvalue weighted by Crippen LogP contribution is 2.03. The Morgan fingerprint density at radius 2 is 2.00 bits per heavy atom. The van der Waals surface area contributed by atoms with E-state index in [1.165, 1.54) is 7.11 Å². The SMILES string of the molecule is CCO/N=C(\C(=O)OC)c1ccccc1. The van der Waals surface area contributed by atoms with Gasteiger partial charge in [-0.1, -0.05) is 35.5 Å². The minimum Gasteiger partial charge on any atom is -0.464 e. The maximum atomic E-state index is 11.4. The quantitative estimate of drug-likeness (QED) is 0.428. The van der Waals surface area contributed by atoms with Gasteiger partial charge in [0.15, 0.2) is 5.71 Å². The van der Waals surface area contributed by atoms with Gasteiger partial charge in [0.1, 0.15) is 6.61 Å². The van der Waals surface area contributed by atoms with Crippen LogP contribution in [0.2, 0.25) is 0 Å². The van der Waals surface area contributed by atoms with E-state index in [1.807, 2.05) is 18.2 Å². The molecule has 0 fully saturated rings. The van der Waals surface area contributed by atoms with Crippen molar-refractivity contribution in [3.8, 4) is 0 Å². The van der Waals surface area contributed by atoms with Crippen LogP contribution >= 0.6 is 0 Å². The molecule has 0 unspecified atom stereocenters. The summed E-state index contributed by atoms with van der Waals surface area (Å²) in [6, 6.07) is 9.04. The van der Waals surface area contributed by atoms with E-state index < -0.39 is 5.97 Å². The van der Waals surface area contributed by atoms with Crippen LogP contribution in [0, 0.1) is 0 Å². The fraction of sp³-hybridized carbons (Fsp3) is 0.273. The van der Waals surface area contributed by atoms with Crippen molar-refractivity contribution in [3.05, 3.63) is 35.9 Å². The lowest BCUT2D eigenvalue weighted by Crippen LogP contribution is -2.17. The number of hydrogen-bond donors (Lipinski definition) is 0. The van der Waals surface area contributed by atoms with Crippen LogP contribution in [-0.2, 0) is 14.4 Å². The second-order valence-electron chi connectivity index (χ2n) is 2.72. The van der Waals surface area contributed by atoms with Crippen LogP contribution in [0.25, 0.3) is 0 Å². The molecule has 0 atom stereocenters. The first-order valence-corrected chi connectivity index (χ1v) is 4.63. The van der Waals surface area contributed by atoms with Crippen molar-refractivity contribution in [2.75, 3.05) is 13.7 Å². The molecule has 0 aromatic heterocycles. The molecule has 1 aromatic carbocycles. The van der Waals surface area contributed by atoms with E-state index in [-0.39, 0.29) is 5.71 Å². The molecule has 1 rings (SSSR count). The lowest BCUT2D eigenvalue weighted by Gasteiger charge is -2.03. The second-order valence-corrected chi connectivity index (χ2v) is 2.72. The summed E-state index contributed by atoms with van der Waals surface area (Å²) in [7, 11) is 1.31. The Hall–Kier alpha value is -1.84. The first kappa shape index (κ1) is 11.2. The highest BCUT2D eigenvalue weighted by Gasteiger charge is 2.14. The Kier molecular flexibility index (Phi) is 4.34. The van der Waals surface area contributed by atoms with Crippen LogP contribution in [-0.4, -0.2) is 25.4 Å². The smallest absolute Gasteiger partial charge is 0.360 e. The molecule has 4 heteroatoms. The molecule has 0 spiro atoms. The Bertz CT molecular complexity index is 346. The van der Waals surface area contributed by atoms with E-state index in [0.717, 1.165) is 0 Å². The van der Waals surface area contributed by atoms with Gasteiger partial charge in [0.2, 0.25) is 0 Å². The van der Waals surface area contributed by atoms with Crippen molar-refractivity contribution in [3.63, 3.8) is 0 Å². The van der Waals surface area contributed by atoms with Gasteiger partial charge < -0.3 is 9.57 Å². The Morgan fingerprint density at radius 1 is 1.33 bits per heavy atom. The normalized spacial score (nSPS) is 10.9. The van der Waals surface area contributed by atoms with E-state index >= 15 is 0 Å². The molecular weight excluding hydrogens is 194 g/mol. The average molecular weight is 207 g/mol. The zero-order valence-corrected chi connectivity index (χ0v) is 8.77. The summed E-state index contributed by atoms with van der Waals surface area (Å²) in [4.78, 5) is 16.2. The molecule has 15 heavy (non-hydrogen) atoms. The topological polar surface area (TPSA) is 47.9 Å². The standard InChI is InChI=1S/C11H13NO3/c1-3-15-12-10(11(13)14-2)9-7-5-4-6-8-9/h4-8H,3H2,1-2H3/b12-10-. The molecule has 0 N–H and O–H groups in total. The molecular formula is C11H13NO3. The molecule has 0 bridgehead atoms. The van der Waals surface area contributed by atoms with Crippen LogP contribution in [0.3, 0.4) is 0 Å². The molecule has 0 aliphatic rings. The number of methoxy groups -OCH3 is 1. The highest BCUT2D eigenvalue weighted by atomic mass is 16.6. The summed E-state index contributed by atoms with van der Waals surface area (Å²) in [5, 5.41) is 3.73. The lowest BCUT2D eigenvalue weighted by atomic mass is 10.1. The van der Waals surface area contributed by atoms with Crippen LogP contribution in [0.15, 0.2) is 35.5 Å². The second kappa shape index (κ2) is 5.80. The molecule has 0 saturated heterocycles. The third-order valence-electron chi connectivity index (χ3n) is 1.71. The molecule has 1 aromatic rings. The molecule has 0 radical (unpaired) electrons. The number of benzene rings is 1. The van der Waals surface area contributed by atoms with Gasteiger partial charge in [-0.25, -0.2) is 4.79 Å². The maximum absolute atomic E-state index is 11.4. The van der Waals surface area contributed by atoms with Crippen molar-refractivity contribution in [2.45, 2.75) is 6.92 Å². The van der Waals surface area contributed by atoms with Gasteiger partial charge >= 0.3 is 5.97 Å². The number of esters is 1. The Labute approximate surface area is 88.5 Å². The van der Waals surface area contributed by atoms with Crippen molar-refractivity contribution in [2.24, 2.45) is 5.16 Å². The van der Waals surface area contributed by atoms with E-state index in [1.54, 1.807) is 19.1 Å². The van der Waals surface area contributed by atoms with E-state index in [0.29, 0.717) is 12.2 Å². The van der Waals surface area contributed by atoms with Crippen molar-refractivity contribution < 1.29 is 14.4 Å². The predicted molar refractivity (Wildman–Crippen MR) is 56.6 cm³/mol. The molecule has 0 aliphatic carbocycles. The molecule has 0 heterocycles. The van der Waals surface area contributed by atoms with E-state index in [9.17, 15) is 4.79 Å². The van der Waals surface area contributed by atoms with Crippen LogP contribution in [0.4, 0.5) is 0 Å². The number of rotatable bonds is 4. The molecule has 0 amide bonds. The summed E-state index contributed by atoms with van der Waals surface area (Å²) < 4.78 is 4.61. The number of carbonyl (C=O) groups excluding carboxylic acids is 1. The van der Waals surface area contributed by atoms with Gasteiger partial charge in [0.05, 0.1) is 7.11 Å². The van der Waals surface area contributed by atoms with Gasteiger partial charge in [0.25, 0.3) is 0 Å². The number of hydrogen-bond acceptors (Lipinski definition) is 4. The number of nitrogens with zero attached hydrogens (tertiary/aromatic N) is 1. The predicted octanol–water partition coefficient (Wildman–Crippen LogP) is 1.60. The van der Waals surface area contributed by atoms with Crippen LogP contribution in [0.5, 0.6) is 0 Å². The van der Waals surface area contributed by atoms with Crippen molar-refractivity contribution >= 4 is 11.7 Å². The molecule has 0 saturated carbocycles. The maximum Gasteiger partial charge on any atom is 0.360 e. The van der Waals surface area contributed by atoms with Crippen molar-refractivity contribution in [1.29, 1.82) is 0 Å². The zero-order chi connectivity index (χ0) is 11.1. The van der Waals surface area contributed by atoms with Gasteiger partial charge in [-0.2, -0.15) is 0 Å². The fourth-order valence-corrected chi connectivity index (χ4v) is 1.03. The molecule has 80 valence electrons. The molecule has 0 aliphatic heterocycles. The third-order valence-corrected chi connectivity index (χ3v) is 1.71. The summed E-state index contributed by atoms with van der Waals surface area (Å²) in [6.45, 7) is 2.21. The summed E-state index contributed by atoms with van der Waals surface area (Å²) in [6.07, 6.45) is 0. The first-order valence-electron chi connectivity index (χ1n) is 4.63. The van der Waals surface area contributed by atoms with Gasteiger partial charge in [-0.15, -0.1) is 0 Å². The minimum absolute atomic E-state index is 0.181. The molecule has 4 nitrogen and oxygen atoms in total. The van der Waals surface area contributed by atoms with Gasteiger partial charge in [-0.05, 0) is 6.92 Å². The van der Waals surface area contributed by atoms with Crippen LogP contribution in [0.1, 0.15) is 12.5 Å². The fourth-order valence-electron chi connectivity index (χ4n) is 1.03. The van der Waals surface area contributed by atoms with Crippen molar-refractivity contribution in [1.82, 2.24) is 0 Å². The summed E-state index contributed by atoms with van der Waals surface area (Å²) in [5.41, 5.74) is 0.859. The number of oxime groups is 1. The number of ether oxygens (including phenoxy) is 1. The lowest BCUT2D eigenvalue weighted by molar-refractivity contribution is -0.132. The Balaban J connectivity index is 2.96. The summed E-state index contributed by atoms with van der Waals surface area (Å²) in [5.74, 6) is -0.505. The van der Waals surface area contributed by atoms with Crippen LogP contribution < -0.4 is 0 Å². The zero-order valence-electron chi connectivity index (χ0n) is 8.77. The average Bonchev–Trinajstić information content (AvgIpc) is 2.30.